The molecule has 2 rings (SSSR count). The maximum absolute atomic E-state index is 12.0. The number of hydrogen-bond acceptors (Lipinski definition) is 3. The fraction of sp³-hybridized carbons (Fsp3) is 0.909. The highest BCUT2D eigenvalue weighted by atomic mass is 32.2. The molecule has 0 aliphatic carbocycles. The molecule has 15 heavy (non-hydrogen) atoms. The van der Waals surface area contributed by atoms with Crippen molar-refractivity contribution < 1.29 is 4.79 Å². The average Bonchev–Trinajstić information content (AvgIpc) is 2.78. The Hall–Kier alpha value is -0.220. The number of thioether (sulfide) groups is 1. The predicted octanol–water partition coefficient (Wildman–Crippen LogP) is 1.09. The molecule has 2 unspecified atom stereocenters. The Morgan fingerprint density at radius 2 is 2.27 bits per heavy atom. The molecule has 2 aliphatic heterocycles. The summed E-state index contributed by atoms with van der Waals surface area (Å²) in [5.41, 5.74) is 0. The smallest absolute Gasteiger partial charge is 0.240 e. The van der Waals surface area contributed by atoms with Gasteiger partial charge in [-0.2, -0.15) is 11.8 Å². The first-order valence-electron chi connectivity index (χ1n) is 5.82. The van der Waals surface area contributed by atoms with Crippen molar-refractivity contribution in [2.45, 2.75) is 44.8 Å². The normalized spacial score (nSPS) is 31.9. The van der Waals surface area contributed by atoms with Crippen molar-refractivity contribution >= 4 is 17.7 Å². The van der Waals surface area contributed by atoms with Crippen LogP contribution in [0.25, 0.3) is 0 Å². The highest BCUT2D eigenvalue weighted by Gasteiger charge is 2.34. The molecule has 0 radical (unpaired) electrons. The summed E-state index contributed by atoms with van der Waals surface area (Å²) in [6, 6.07) is 1.01. The number of nitrogens with zero attached hydrogens (tertiary/aromatic N) is 1. The number of hydrogen-bond donors (Lipinski definition) is 1. The molecule has 2 saturated heterocycles. The Morgan fingerprint density at radius 3 is 2.80 bits per heavy atom. The van der Waals surface area contributed by atoms with Crippen LogP contribution in [0.5, 0.6) is 0 Å². The van der Waals surface area contributed by atoms with E-state index in [1.54, 1.807) is 0 Å². The third-order valence-corrected chi connectivity index (χ3v) is 4.39. The van der Waals surface area contributed by atoms with E-state index in [0.717, 1.165) is 13.0 Å². The van der Waals surface area contributed by atoms with E-state index in [1.165, 1.54) is 17.9 Å². The van der Waals surface area contributed by atoms with Gasteiger partial charge in [0.25, 0.3) is 0 Å². The Kier molecular flexibility index (Phi) is 3.57. The van der Waals surface area contributed by atoms with Crippen LogP contribution in [-0.2, 0) is 4.79 Å². The Labute approximate surface area is 96.0 Å². The summed E-state index contributed by atoms with van der Waals surface area (Å²) in [6.45, 7) is 5.10. The first-order chi connectivity index (χ1) is 7.18. The molecule has 4 heteroatoms. The van der Waals surface area contributed by atoms with Gasteiger partial charge < -0.3 is 10.2 Å². The summed E-state index contributed by atoms with van der Waals surface area (Å²) in [5, 5.41) is 3.50. The fourth-order valence-corrected chi connectivity index (χ4v) is 3.49. The molecule has 2 fully saturated rings. The molecule has 0 saturated carbocycles. The second-order valence-electron chi connectivity index (χ2n) is 4.69. The van der Waals surface area contributed by atoms with Crippen LogP contribution in [-0.4, -0.2) is 47.0 Å². The second kappa shape index (κ2) is 4.74. The van der Waals surface area contributed by atoms with Gasteiger partial charge in [-0.05, 0) is 32.4 Å². The third kappa shape index (κ3) is 2.48. The largest absolute Gasteiger partial charge is 0.339 e. The van der Waals surface area contributed by atoms with Crippen molar-refractivity contribution in [3.63, 3.8) is 0 Å². The molecule has 0 aromatic carbocycles. The van der Waals surface area contributed by atoms with Gasteiger partial charge in [-0.3, -0.25) is 4.79 Å². The van der Waals surface area contributed by atoms with Gasteiger partial charge in [0.1, 0.15) is 0 Å². The number of likely N-dealkylation sites (tertiary alicyclic amines) is 1. The van der Waals surface area contributed by atoms with Crippen LogP contribution >= 0.6 is 11.8 Å². The summed E-state index contributed by atoms with van der Waals surface area (Å²) < 4.78 is 0. The molecule has 86 valence electrons. The van der Waals surface area contributed by atoms with Gasteiger partial charge in [-0.1, -0.05) is 0 Å². The van der Waals surface area contributed by atoms with E-state index >= 15 is 0 Å². The zero-order chi connectivity index (χ0) is 10.8. The number of amides is 1. The molecule has 0 bridgehead atoms. The van der Waals surface area contributed by atoms with E-state index in [0.29, 0.717) is 18.0 Å². The van der Waals surface area contributed by atoms with Crippen LogP contribution < -0.4 is 5.32 Å². The van der Waals surface area contributed by atoms with E-state index in [9.17, 15) is 4.79 Å². The van der Waals surface area contributed by atoms with Crippen LogP contribution in [0.4, 0.5) is 0 Å². The van der Waals surface area contributed by atoms with Gasteiger partial charge in [0.15, 0.2) is 0 Å². The molecule has 0 aromatic rings. The topological polar surface area (TPSA) is 32.3 Å². The molecular formula is C11H20N2OS. The highest BCUT2D eigenvalue weighted by molar-refractivity contribution is 7.99. The lowest BCUT2D eigenvalue weighted by molar-refractivity contribution is -0.130. The first-order valence-corrected chi connectivity index (χ1v) is 6.98. The quantitative estimate of drug-likeness (QED) is 0.785. The lowest BCUT2D eigenvalue weighted by atomic mass is 10.2. The maximum Gasteiger partial charge on any atom is 0.240 e. The van der Waals surface area contributed by atoms with Gasteiger partial charge >= 0.3 is 0 Å². The molecule has 0 spiro atoms. The van der Waals surface area contributed by atoms with E-state index in [1.807, 2.05) is 16.7 Å². The predicted molar refractivity (Wildman–Crippen MR) is 64.1 cm³/mol. The minimum absolute atomic E-state index is 0.0936. The minimum Gasteiger partial charge on any atom is -0.339 e. The molecule has 2 aliphatic rings. The molecule has 0 aromatic heterocycles. The third-order valence-electron chi connectivity index (χ3n) is 3.23. The summed E-state index contributed by atoms with van der Waals surface area (Å²) in [5.74, 6) is 2.72. The summed E-state index contributed by atoms with van der Waals surface area (Å²) >= 11 is 1.99. The van der Waals surface area contributed by atoms with Crippen LogP contribution in [0, 0.1) is 0 Å². The van der Waals surface area contributed by atoms with E-state index in [4.69, 9.17) is 0 Å². The van der Waals surface area contributed by atoms with Gasteiger partial charge in [0, 0.05) is 24.4 Å². The molecular weight excluding hydrogens is 208 g/mol. The van der Waals surface area contributed by atoms with Crippen LogP contribution in [0.3, 0.4) is 0 Å². The summed E-state index contributed by atoms with van der Waals surface area (Å²) in [6.07, 6.45) is 2.20. The highest BCUT2D eigenvalue weighted by Crippen LogP contribution is 2.20. The number of nitrogens with one attached hydrogen (secondary N) is 1. The van der Waals surface area contributed by atoms with Crippen molar-refractivity contribution in [2.75, 3.05) is 18.1 Å². The van der Waals surface area contributed by atoms with Crippen molar-refractivity contribution in [3.05, 3.63) is 0 Å². The second-order valence-corrected chi connectivity index (χ2v) is 5.84. The summed E-state index contributed by atoms with van der Waals surface area (Å²) in [7, 11) is 0. The molecule has 2 atom stereocenters. The SMILES string of the molecule is CC(C)N1CCC(NC2CCSC2)C1=O. The average molecular weight is 228 g/mol. The van der Waals surface area contributed by atoms with E-state index < -0.39 is 0 Å². The van der Waals surface area contributed by atoms with E-state index in [2.05, 4.69) is 19.2 Å². The molecule has 3 nitrogen and oxygen atoms in total. The zero-order valence-corrected chi connectivity index (χ0v) is 10.3. The maximum atomic E-state index is 12.0. The van der Waals surface area contributed by atoms with Gasteiger partial charge in [-0.15, -0.1) is 0 Å². The lowest BCUT2D eigenvalue weighted by Gasteiger charge is -2.22. The molecule has 1 amide bonds. The van der Waals surface area contributed by atoms with Crippen LogP contribution in [0.2, 0.25) is 0 Å². The zero-order valence-electron chi connectivity index (χ0n) is 9.53. The minimum atomic E-state index is 0.0936. The number of carbonyl (C=O) groups excluding carboxylic acids is 1. The number of carbonyl (C=O) groups is 1. The lowest BCUT2D eigenvalue weighted by Crippen LogP contribution is -2.45. The van der Waals surface area contributed by atoms with Crippen LogP contribution in [0.1, 0.15) is 26.7 Å². The van der Waals surface area contributed by atoms with Gasteiger partial charge in [0.2, 0.25) is 5.91 Å². The first kappa shape index (κ1) is 11.3. The van der Waals surface area contributed by atoms with Crippen LogP contribution in [0.15, 0.2) is 0 Å². The molecule has 1 N–H and O–H groups in total. The van der Waals surface area contributed by atoms with Crippen molar-refractivity contribution in [1.29, 1.82) is 0 Å². The van der Waals surface area contributed by atoms with Gasteiger partial charge in [0.05, 0.1) is 6.04 Å². The van der Waals surface area contributed by atoms with Gasteiger partial charge in [-0.25, -0.2) is 0 Å². The van der Waals surface area contributed by atoms with Crippen molar-refractivity contribution in [3.8, 4) is 0 Å². The Bertz CT molecular complexity index is 239. The molecule has 2 heterocycles. The Morgan fingerprint density at radius 1 is 1.47 bits per heavy atom. The Balaban J connectivity index is 1.86. The number of rotatable bonds is 3. The monoisotopic (exact) mass is 228 g/mol. The standard InChI is InChI=1S/C11H20N2OS/c1-8(2)13-5-3-10(11(13)14)12-9-4-6-15-7-9/h8-10,12H,3-7H2,1-2H3. The summed E-state index contributed by atoms with van der Waals surface area (Å²) in [4.78, 5) is 14.0. The van der Waals surface area contributed by atoms with Crippen molar-refractivity contribution in [2.24, 2.45) is 0 Å². The fourth-order valence-electron chi connectivity index (χ4n) is 2.32. The van der Waals surface area contributed by atoms with E-state index in [-0.39, 0.29) is 6.04 Å². The van der Waals surface area contributed by atoms with Crippen molar-refractivity contribution in [1.82, 2.24) is 10.2 Å².